The molecule has 2 N–H and O–H groups in total. The molecule has 1 saturated carbocycles. The van der Waals surface area contributed by atoms with Crippen LogP contribution in [0.1, 0.15) is 38.3 Å². The first-order valence-electron chi connectivity index (χ1n) is 6.26. The van der Waals surface area contributed by atoms with Gasteiger partial charge in [-0.25, -0.2) is 4.79 Å². The molecule has 0 bridgehead atoms. The third-order valence-corrected chi connectivity index (χ3v) is 3.40. The molecule has 0 radical (unpaired) electrons. The Morgan fingerprint density at radius 2 is 2.06 bits per heavy atom. The van der Waals surface area contributed by atoms with E-state index in [-0.39, 0.29) is 23.6 Å². The third kappa shape index (κ3) is 2.08. The minimum absolute atomic E-state index is 0.0869. The standard InChI is InChI=1S/C12H18N2O4/c1-3-9-10(15)13-12(17)14(11(9)16)7-5-8(6-7)18-4-2/h7-8,16H,3-6H2,1-2H3,(H,13,15,17). The van der Waals surface area contributed by atoms with Crippen molar-refractivity contribution < 1.29 is 9.84 Å². The van der Waals surface area contributed by atoms with Crippen molar-refractivity contribution in [3.8, 4) is 5.88 Å². The molecule has 1 aromatic heterocycles. The maximum Gasteiger partial charge on any atom is 0.331 e. The van der Waals surface area contributed by atoms with Crippen molar-refractivity contribution in [2.75, 3.05) is 6.61 Å². The van der Waals surface area contributed by atoms with Crippen LogP contribution in [0.4, 0.5) is 0 Å². The first kappa shape index (κ1) is 12.9. The van der Waals surface area contributed by atoms with Gasteiger partial charge in [0.05, 0.1) is 11.7 Å². The average Bonchev–Trinajstić information content (AvgIpc) is 2.25. The highest BCUT2D eigenvalue weighted by Gasteiger charge is 2.33. The van der Waals surface area contributed by atoms with E-state index < -0.39 is 11.2 Å². The molecule has 0 unspecified atom stereocenters. The van der Waals surface area contributed by atoms with Gasteiger partial charge in [0.25, 0.3) is 5.56 Å². The van der Waals surface area contributed by atoms with E-state index in [0.717, 1.165) is 0 Å². The second kappa shape index (κ2) is 4.97. The van der Waals surface area contributed by atoms with Crippen LogP contribution >= 0.6 is 0 Å². The molecular weight excluding hydrogens is 236 g/mol. The minimum atomic E-state index is -0.547. The Bertz CT molecular complexity index is 540. The molecule has 1 aromatic rings. The van der Waals surface area contributed by atoms with Gasteiger partial charge in [-0.3, -0.25) is 14.3 Å². The zero-order valence-electron chi connectivity index (χ0n) is 10.6. The van der Waals surface area contributed by atoms with Crippen LogP contribution in [0, 0.1) is 0 Å². The predicted octanol–water partition coefficient (Wildman–Crippen LogP) is 0.545. The van der Waals surface area contributed by atoms with Crippen molar-refractivity contribution in [2.45, 2.75) is 45.3 Å². The summed E-state index contributed by atoms with van der Waals surface area (Å²) in [7, 11) is 0. The summed E-state index contributed by atoms with van der Waals surface area (Å²) in [5.41, 5.74) is -0.791. The summed E-state index contributed by atoms with van der Waals surface area (Å²) >= 11 is 0. The van der Waals surface area contributed by atoms with Crippen molar-refractivity contribution in [2.24, 2.45) is 0 Å². The summed E-state index contributed by atoms with van der Waals surface area (Å²) in [6.45, 7) is 4.33. The van der Waals surface area contributed by atoms with Gasteiger partial charge in [-0.1, -0.05) is 6.92 Å². The molecule has 0 saturated heterocycles. The van der Waals surface area contributed by atoms with Gasteiger partial charge in [0, 0.05) is 12.6 Å². The Kier molecular flexibility index (Phi) is 3.56. The van der Waals surface area contributed by atoms with E-state index in [0.29, 0.717) is 25.9 Å². The maximum atomic E-state index is 11.7. The molecular formula is C12H18N2O4. The van der Waals surface area contributed by atoms with Crippen molar-refractivity contribution in [3.63, 3.8) is 0 Å². The molecule has 1 fully saturated rings. The SMILES string of the molecule is CCOC1CC(n2c(O)c(CC)c(=O)[nH]c2=O)C1. The third-order valence-electron chi connectivity index (χ3n) is 3.40. The van der Waals surface area contributed by atoms with Gasteiger partial charge in [-0.2, -0.15) is 0 Å². The summed E-state index contributed by atoms with van der Waals surface area (Å²) in [4.78, 5) is 25.5. The highest BCUT2D eigenvalue weighted by molar-refractivity contribution is 5.23. The van der Waals surface area contributed by atoms with Crippen LogP contribution in [0.2, 0.25) is 0 Å². The second-order valence-corrected chi connectivity index (χ2v) is 4.49. The fourth-order valence-corrected chi connectivity index (χ4v) is 2.35. The molecule has 0 amide bonds. The van der Waals surface area contributed by atoms with Gasteiger partial charge in [0.2, 0.25) is 5.88 Å². The topological polar surface area (TPSA) is 84.3 Å². The number of ether oxygens (including phenoxy) is 1. The van der Waals surface area contributed by atoms with Crippen molar-refractivity contribution >= 4 is 0 Å². The first-order chi connectivity index (χ1) is 8.58. The quantitative estimate of drug-likeness (QED) is 0.821. The second-order valence-electron chi connectivity index (χ2n) is 4.49. The largest absolute Gasteiger partial charge is 0.494 e. The molecule has 18 heavy (non-hydrogen) atoms. The van der Waals surface area contributed by atoms with Crippen LogP contribution in [0.5, 0.6) is 5.88 Å². The molecule has 0 atom stereocenters. The maximum absolute atomic E-state index is 11.7. The van der Waals surface area contributed by atoms with E-state index in [1.807, 2.05) is 6.92 Å². The summed E-state index contributed by atoms with van der Waals surface area (Å²) < 4.78 is 6.69. The smallest absolute Gasteiger partial charge is 0.331 e. The van der Waals surface area contributed by atoms with Crippen LogP contribution in [0.15, 0.2) is 9.59 Å². The average molecular weight is 254 g/mol. The number of nitrogens with zero attached hydrogens (tertiary/aromatic N) is 1. The number of hydrogen-bond donors (Lipinski definition) is 2. The number of aromatic nitrogens is 2. The van der Waals surface area contributed by atoms with Crippen molar-refractivity contribution in [3.05, 3.63) is 26.4 Å². The van der Waals surface area contributed by atoms with Crippen LogP contribution in [-0.2, 0) is 11.2 Å². The molecule has 2 rings (SSSR count). The van der Waals surface area contributed by atoms with Crippen LogP contribution < -0.4 is 11.2 Å². The molecule has 6 nitrogen and oxygen atoms in total. The first-order valence-corrected chi connectivity index (χ1v) is 6.26. The van der Waals surface area contributed by atoms with Crippen molar-refractivity contribution in [1.82, 2.24) is 9.55 Å². The Morgan fingerprint density at radius 3 is 2.61 bits per heavy atom. The number of hydrogen-bond acceptors (Lipinski definition) is 4. The Hall–Kier alpha value is -1.56. The lowest BCUT2D eigenvalue weighted by Gasteiger charge is -2.36. The summed E-state index contributed by atoms with van der Waals surface area (Å²) in [5.74, 6) is -0.203. The van der Waals surface area contributed by atoms with E-state index in [9.17, 15) is 14.7 Å². The lowest BCUT2D eigenvalue weighted by molar-refractivity contribution is -0.0225. The molecule has 0 aromatic carbocycles. The van der Waals surface area contributed by atoms with Gasteiger partial charge >= 0.3 is 5.69 Å². The zero-order chi connectivity index (χ0) is 13.3. The van der Waals surface area contributed by atoms with E-state index >= 15 is 0 Å². The Balaban J connectivity index is 2.30. The normalized spacial score (nSPS) is 22.8. The van der Waals surface area contributed by atoms with Crippen molar-refractivity contribution in [1.29, 1.82) is 0 Å². The Labute approximate surface area is 104 Å². The number of aromatic amines is 1. The molecule has 100 valence electrons. The van der Waals surface area contributed by atoms with Crippen LogP contribution in [0.25, 0.3) is 0 Å². The number of rotatable bonds is 4. The molecule has 1 aliphatic rings. The van der Waals surface area contributed by atoms with E-state index in [1.165, 1.54) is 4.57 Å². The van der Waals surface area contributed by atoms with Crippen LogP contribution in [-0.4, -0.2) is 27.4 Å². The predicted molar refractivity (Wildman–Crippen MR) is 66.1 cm³/mol. The highest BCUT2D eigenvalue weighted by atomic mass is 16.5. The number of H-pyrrole nitrogens is 1. The van der Waals surface area contributed by atoms with Gasteiger partial charge in [0.15, 0.2) is 0 Å². The highest BCUT2D eigenvalue weighted by Crippen LogP contribution is 2.35. The lowest BCUT2D eigenvalue weighted by atomic mass is 9.89. The zero-order valence-corrected chi connectivity index (χ0v) is 10.6. The number of aromatic hydroxyl groups is 1. The molecule has 6 heteroatoms. The van der Waals surface area contributed by atoms with Gasteiger partial charge < -0.3 is 9.84 Å². The van der Waals surface area contributed by atoms with Gasteiger partial charge in [0.1, 0.15) is 0 Å². The minimum Gasteiger partial charge on any atom is -0.494 e. The van der Waals surface area contributed by atoms with Gasteiger partial charge in [-0.05, 0) is 26.2 Å². The molecule has 1 aliphatic carbocycles. The number of nitrogens with one attached hydrogen (secondary N) is 1. The van der Waals surface area contributed by atoms with Gasteiger partial charge in [-0.15, -0.1) is 0 Å². The molecule has 0 spiro atoms. The van der Waals surface area contributed by atoms with E-state index in [2.05, 4.69) is 4.98 Å². The molecule has 0 aliphatic heterocycles. The van der Waals surface area contributed by atoms with Crippen LogP contribution in [0.3, 0.4) is 0 Å². The monoisotopic (exact) mass is 254 g/mol. The fourth-order valence-electron chi connectivity index (χ4n) is 2.35. The van der Waals surface area contributed by atoms with E-state index in [4.69, 9.17) is 4.74 Å². The van der Waals surface area contributed by atoms with E-state index in [1.54, 1.807) is 6.92 Å². The summed E-state index contributed by atoms with van der Waals surface area (Å²) in [6, 6.07) is -0.0869. The molecule has 1 heterocycles. The Morgan fingerprint density at radius 1 is 1.39 bits per heavy atom. The summed E-state index contributed by atoms with van der Waals surface area (Å²) in [5, 5.41) is 10.0. The summed E-state index contributed by atoms with van der Waals surface area (Å²) in [6.07, 6.45) is 1.92. The lowest BCUT2D eigenvalue weighted by Crippen LogP contribution is -2.41. The fraction of sp³-hybridized carbons (Fsp3) is 0.667.